The zero-order valence-electron chi connectivity index (χ0n) is 11.8. The molecule has 0 saturated heterocycles. The second kappa shape index (κ2) is 6.27. The van der Waals surface area contributed by atoms with Crippen LogP contribution >= 0.6 is 0 Å². The molecule has 1 heterocycles. The molecule has 0 spiro atoms. The van der Waals surface area contributed by atoms with Gasteiger partial charge in [0.15, 0.2) is 5.82 Å². The van der Waals surface area contributed by atoms with E-state index >= 15 is 0 Å². The van der Waals surface area contributed by atoms with Crippen LogP contribution in [0, 0.1) is 11.8 Å². The number of rotatable bonds is 6. The highest BCUT2D eigenvalue weighted by atomic mass is 15.6. The Balaban J connectivity index is 1.95. The van der Waals surface area contributed by atoms with Crippen LogP contribution in [-0.4, -0.2) is 32.8 Å². The van der Waals surface area contributed by atoms with Crippen LogP contribution in [-0.2, 0) is 13.5 Å². The van der Waals surface area contributed by atoms with Crippen LogP contribution in [0.4, 0.5) is 0 Å². The van der Waals surface area contributed by atoms with Gasteiger partial charge in [0.2, 0.25) is 0 Å². The lowest BCUT2D eigenvalue weighted by molar-refractivity contribution is 0.344. The molecule has 18 heavy (non-hydrogen) atoms. The molecule has 5 heteroatoms. The van der Waals surface area contributed by atoms with E-state index in [-0.39, 0.29) is 0 Å². The van der Waals surface area contributed by atoms with Crippen molar-refractivity contribution in [3.05, 3.63) is 5.82 Å². The van der Waals surface area contributed by atoms with Gasteiger partial charge >= 0.3 is 0 Å². The highest BCUT2D eigenvalue weighted by Gasteiger charge is 2.30. The molecular formula is C13H25N5. The van der Waals surface area contributed by atoms with E-state index in [4.69, 9.17) is 0 Å². The number of tetrazole rings is 1. The average molecular weight is 251 g/mol. The minimum Gasteiger partial charge on any atom is -0.314 e. The second-order valence-corrected chi connectivity index (χ2v) is 5.41. The smallest absolute Gasteiger partial charge is 0.176 e. The summed E-state index contributed by atoms with van der Waals surface area (Å²) in [5.41, 5.74) is 0. The van der Waals surface area contributed by atoms with Crippen LogP contribution in [0.15, 0.2) is 0 Å². The lowest BCUT2D eigenvalue weighted by Crippen LogP contribution is -2.37. The average Bonchev–Trinajstić information content (AvgIpc) is 2.97. The molecule has 3 atom stereocenters. The molecule has 0 aliphatic heterocycles. The van der Waals surface area contributed by atoms with Crippen molar-refractivity contribution in [1.29, 1.82) is 0 Å². The molecule has 102 valence electrons. The predicted molar refractivity (Wildman–Crippen MR) is 71.1 cm³/mol. The maximum Gasteiger partial charge on any atom is 0.176 e. The van der Waals surface area contributed by atoms with E-state index in [0.29, 0.717) is 6.04 Å². The van der Waals surface area contributed by atoms with Gasteiger partial charge in [0.1, 0.15) is 0 Å². The van der Waals surface area contributed by atoms with Gasteiger partial charge in [0.25, 0.3) is 0 Å². The molecule has 1 N–H and O–H groups in total. The summed E-state index contributed by atoms with van der Waals surface area (Å²) in [6, 6.07) is 0.510. The fourth-order valence-electron chi connectivity index (χ4n) is 3.12. The van der Waals surface area contributed by atoms with Crippen LogP contribution in [0.1, 0.15) is 45.4 Å². The van der Waals surface area contributed by atoms with Crippen molar-refractivity contribution in [2.45, 2.75) is 52.0 Å². The number of likely N-dealkylation sites (N-methyl/N-ethyl adjacent to an activating group) is 1. The van der Waals surface area contributed by atoms with Crippen molar-refractivity contribution in [3.63, 3.8) is 0 Å². The van der Waals surface area contributed by atoms with Crippen molar-refractivity contribution < 1.29 is 0 Å². The molecule has 5 nitrogen and oxygen atoms in total. The monoisotopic (exact) mass is 251 g/mol. The minimum absolute atomic E-state index is 0.510. The summed E-state index contributed by atoms with van der Waals surface area (Å²) in [6.07, 6.45) is 6.31. The first kappa shape index (κ1) is 13.5. The fraction of sp³-hybridized carbons (Fsp3) is 0.923. The summed E-state index contributed by atoms with van der Waals surface area (Å²) < 4.78 is 0. The second-order valence-electron chi connectivity index (χ2n) is 5.41. The van der Waals surface area contributed by atoms with E-state index in [0.717, 1.165) is 30.6 Å². The number of hydrogen-bond acceptors (Lipinski definition) is 4. The SMILES string of the molecule is CCNC(Cc1nnn(C)n1)C1CCC(CC)C1. The van der Waals surface area contributed by atoms with Gasteiger partial charge in [-0.3, -0.25) is 0 Å². The van der Waals surface area contributed by atoms with Crippen LogP contribution < -0.4 is 5.32 Å². The van der Waals surface area contributed by atoms with Crippen molar-refractivity contribution >= 4 is 0 Å². The Hall–Kier alpha value is -0.970. The van der Waals surface area contributed by atoms with Gasteiger partial charge in [-0.1, -0.05) is 26.7 Å². The highest BCUT2D eigenvalue weighted by molar-refractivity contribution is 4.91. The number of aryl methyl sites for hydroxylation is 1. The molecule has 1 aliphatic carbocycles. The van der Waals surface area contributed by atoms with Crippen molar-refractivity contribution in [1.82, 2.24) is 25.5 Å². The summed E-state index contributed by atoms with van der Waals surface area (Å²) >= 11 is 0. The lowest BCUT2D eigenvalue weighted by atomic mass is 9.93. The lowest BCUT2D eigenvalue weighted by Gasteiger charge is -2.23. The molecule has 1 aromatic rings. The number of nitrogens with one attached hydrogen (secondary N) is 1. The van der Waals surface area contributed by atoms with E-state index in [1.165, 1.54) is 25.7 Å². The van der Waals surface area contributed by atoms with E-state index in [1.54, 1.807) is 4.80 Å². The molecule has 3 unspecified atom stereocenters. The summed E-state index contributed by atoms with van der Waals surface area (Å²) in [5, 5.41) is 15.9. The van der Waals surface area contributed by atoms with E-state index in [9.17, 15) is 0 Å². The van der Waals surface area contributed by atoms with Crippen LogP contribution in [0.25, 0.3) is 0 Å². The van der Waals surface area contributed by atoms with Crippen molar-refractivity contribution in [2.75, 3.05) is 6.54 Å². The summed E-state index contributed by atoms with van der Waals surface area (Å²) in [6.45, 7) is 5.49. The van der Waals surface area contributed by atoms with Crippen LogP contribution in [0.3, 0.4) is 0 Å². The molecule has 1 aliphatic rings. The Bertz CT molecular complexity index is 362. The van der Waals surface area contributed by atoms with Gasteiger partial charge in [-0.2, -0.15) is 4.80 Å². The Morgan fingerprint density at radius 3 is 2.78 bits per heavy atom. The Morgan fingerprint density at radius 2 is 2.22 bits per heavy atom. The molecule has 0 bridgehead atoms. The number of nitrogens with zero attached hydrogens (tertiary/aromatic N) is 4. The van der Waals surface area contributed by atoms with Crippen molar-refractivity contribution in [3.8, 4) is 0 Å². The summed E-state index contributed by atoms with van der Waals surface area (Å²) in [4.78, 5) is 1.54. The van der Waals surface area contributed by atoms with Gasteiger partial charge in [-0.05, 0) is 36.4 Å². The van der Waals surface area contributed by atoms with Crippen LogP contribution in [0.2, 0.25) is 0 Å². The Kier molecular flexibility index (Phi) is 4.69. The van der Waals surface area contributed by atoms with Gasteiger partial charge < -0.3 is 5.32 Å². The predicted octanol–water partition coefficient (Wildman–Crippen LogP) is 1.56. The maximum absolute atomic E-state index is 4.30. The molecule has 2 rings (SSSR count). The van der Waals surface area contributed by atoms with E-state index < -0.39 is 0 Å². The fourth-order valence-corrected chi connectivity index (χ4v) is 3.12. The first-order chi connectivity index (χ1) is 8.72. The zero-order valence-corrected chi connectivity index (χ0v) is 11.8. The largest absolute Gasteiger partial charge is 0.314 e. The Morgan fingerprint density at radius 1 is 1.39 bits per heavy atom. The summed E-state index contributed by atoms with van der Waals surface area (Å²) in [5.74, 6) is 2.56. The normalized spacial score (nSPS) is 25.5. The van der Waals surface area contributed by atoms with Gasteiger partial charge in [0, 0.05) is 12.5 Å². The number of hydrogen-bond donors (Lipinski definition) is 1. The van der Waals surface area contributed by atoms with E-state index in [2.05, 4.69) is 34.6 Å². The number of aromatic nitrogens is 4. The molecule has 1 aromatic heterocycles. The highest BCUT2D eigenvalue weighted by Crippen LogP contribution is 2.35. The van der Waals surface area contributed by atoms with Crippen molar-refractivity contribution in [2.24, 2.45) is 18.9 Å². The first-order valence-corrected chi connectivity index (χ1v) is 7.19. The zero-order chi connectivity index (χ0) is 13.0. The standard InChI is InChI=1S/C13H25N5/c1-4-10-6-7-11(8-10)12(14-5-2)9-13-15-17-18(3)16-13/h10-12,14H,4-9H2,1-3H3. The van der Waals surface area contributed by atoms with E-state index in [1.807, 2.05) is 7.05 Å². The molecule has 1 saturated carbocycles. The Labute approximate surface area is 109 Å². The molecule has 0 amide bonds. The first-order valence-electron chi connectivity index (χ1n) is 7.19. The summed E-state index contributed by atoms with van der Waals surface area (Å²) in [7, 11) is 1.82. The third kappa shape index (κ3) is 3.28. The molecular weight excluding hydrogens is 226 g/mol. The third-order valence-corrected chi connectivity index (χ3v) is 4.15. The van der Waals surface area contributed by atoms with Gasteiger partial charge in [-0.15, -0.1) is 10.2 Å². The molecule has 0 radical (unpaired) electrons. The molecule has 1 fully saturated rings. The topological polar surface area (TPSA) is 55.6 Å². The molecule has 0 aromatic carbocycles. The van der Waals surface area contributed by atoms with Crippen LogP contribution in [0.5, 0.6) is 0 Å². The maximum atomic E-state index is 4.30. The third-order valence-electron chi connectivity index (χ3n) is 4.15. The van der Waals surface area contributed by atoms with Gasteiger partial charge in [0.05, 0.1) is 7.05 Å². The van der Waals surface area contributed by atoms with Gasteiger partial charge in [-0.25, -0.2) is 0 Å². The quantitative estimate of drug-likeness (QED) is 0.833. The minimum atomic E-state index is 0.510.